The van der Waals surface area contributed by atoms with E-state index in [1.807, 2.05) is 12.1 Å². The Labute approximate surface area is 132 Å². The Balaban J connectivity index is 1.80. The molecule has 0 bridgehead atoms. The van der Waals surface area contributed by atoms with E-state index in [0.717, 1.165) is 24.2 Å². The summed E-state index contributed by atoms with van der Waals surface area (Å²) in [5.74, 6) is 0.528. The molecule has 3 unspecified atom stereocenters. The summed E-state index contributed by atoms with van der Waals surface area (Å²) >= 11 is 3.88. The zero-order chi connectivity index (χ0) is 14.4. The molecule has 21 heavy (non-hydrogen) atoms. The monoisotopic (exact) mass is 344 g/mol. The molecule has 3 aromatic rings. The topological polar surface area (TPSA) is 22.4 Å². The molecular formula is C18H17BrO2. The average Bonchev–Trinajstić information content (AvgIpc) is 3.09. The predicted octanol–water partition coefficient (Wildman–Crippen LogP) is 5.45. The Morgan fingerprint density at radius 1 is 1.10 bits per heavy atom. The Kier molecular flexibility index (Phi) is 3.27. The van der Waals surface area contributed by atoms with Gasteiger partial charge in [-0.2, -0.15) is 0 Å². The molecule has 1 fully saturated rings. The number of rotatable bonds is 2. The zero-order valence-corrected chi connectivity index (χ0v) is 13.5. The molecule has 0 spiro atoms. The van der Waals surface area contributed by atoms with Crippen molar-refractivity contribution in [2.75, 3.05) is 6.61 Å². The van der Waals surface area contributed by atoms with E-state index in [1.54, 1.807) is 0 Å². The van der Waals surface area contributed by atoms with Gasteiger partial charge in [-0.25, -0.2) is 0 Å². The number of fused-ring (bicyclic) bond motifs is 3. The lowest BCUT2D eigenvalue weighted by Gasteiger charge is -2.20. The summed E-state index contributed by atoms with van der Waals surface area (Å²) < 4.78 is 11.6. The molecule has 1 saturated heterocycles. The van der Waals surface area contributed by atoms with Crippen molar-refractivity contribution in [3.05, 3.63) is 48.0 Å². The van der Waals surface area contributed by atoms with Gasteiger partial charge in [0.2, 0.25) is 0 Å². The van der Waals surface area contributed by atoms with E-state index in [2.05, 4.69) is 53.2 Å². The van der Waals surface area contributed by atoms with Crippen LogP contribution in [0.5, 0.6) is 0 Å². The summed E-state index contributed by atoms with van der Waals surface area (Å²) in [6.45, 7) is 3.03. The van der Waals surface area contributed by atoms with Gasteiger partial charge in [-0.15, -0.1) is 0 Å². The quantitative estimate of drug-likeness (QED) is 0.577. The first kappa shape index (κ1) is 13.4. The maximum atomic E-state index is 5.89. The molecule has 0 amide bonds. The third-order valence-corrected chi connectivity index (χ3v) is 5.74. The number of furan rings is 1. The van der Waals surface area contributed by atoms with Gasteiger partial charge in [0.25, 0.3) is 0 Å². The van der Waals surface area contributed by atoms with E-state index in [4.69, 9.17) is 9.15 Å². The SMILES string of the molecule is CC1OCCC1C(Br)c1ccc2oc3ccccc3c2c1. The molecule has 4 rings (SSSR count). The highest BCUT2D eigenvalue weighted by atomic mass is 79.9. The maximum absolute atomic E-state index is 5.89. The Morgan fingerprint density at radius 3 is 2.71 bits per heavy atom. The zero-order valence-electron chi connectivity index (χ0n) is 11.9. The largest absolute Gasteiger partial charge is 0.456 e. The lowest BCUT2D eigenvalue weighted by Crippen LogP contribution is -2.16. The molecular weight excluding hydrogens is 328 g/mol. The number of para-hydroxylation sites is 1. The van der Waals surface area contributed by atoms with E-state index in [1.165, 1.54) is 16.3 Å². The van der Waals surface area contributed by atoms with Crippen LogP contribution in [-0.4, -0.2) is 12.7 Å². The van der Waals surface area contributed by atoms with Crippen molar-refractivity contribution in [3.8, 4) is 0 Å². The molecule has 0 radical (unpaired) electrons. The molecule has 1 aliphatic rings. The van der Waals surface area contributed by atoms with Crippen LogP contribution in [0.4, 0.5) is 0 Å². The van der Waals surface area contributed by atoms with Gasteiger partial charge < -0.3 is 9.15 Å². The first-order valence-corrected chi connectivity index (χ1v) is 8.32. The van der Waals surface area contributed by atoms with Crippen LogP contribution >= 0.6 is 15.9 Å². The summed E-state index contributed by atoms with van der Waals surface area (Å²) in [5.41, 5.74) is 3.21. The fourth-order valence-electron chi connectivity index (χ4n) is 3.30. The number of benzene rings is 2. The van der Waals surface area contributed by atoms with Crippen LogP contribution in [0.1, 0.15) is 23.7 Å². The summed E-state index contributed by atoms with van der Waals surface area (Å²) in [6, 6.07) is 14.7. The van der Waals surface area contributed by atoms with Gasteiger partial charge in [0, 0.05) is 28.1 Å². The molecule has 2 heterocycles. The summed E-state index contributed by atoms with van der Waals surface area (Å²) in [6.07, 6.45) is 1.42. The highest BCUT2D eigenvalue weighted by molar-refractivity contribution is 9.09. The molecule has 2 aromatic carbocycles. The molecule has 2 nitrogen and oxygen atoms in total. The van der Waals surface area contributed by atoms with Crippen molar-refractivity contribution in [3.63, 3.8) is 0 Å². The van der Waals surface area contributed by atoms with E-state index < -0.39 is 0 Å². The van der Waals surface area contributed by atoms with Crippen LogP contribution in [0.25, 0.3) is 21.9 Å². The van der Waals surface area contributed by atoms with Crippen molar-refractivity contribution in [2.24, 2.45) is 5.92 Å². The second kappa shape index (κ2) is 5.15. The fraction of sp³-hybridized carbons (Fsp3) is 0.333. The van der Waals surface area contributed by atoms with Crippen LogP contribution in [-0.2, 0) is 4.74 Å². The third kappa shape index (κ3) is 2.19. The fourth-order valence-corrected chi connectivity index (χ4v) is 4.27. The molecule has 0 saturated carbocycles. The van der Waals surface area contributed by atoms with Crippen molar-refractivity contribution < 1.29 is 9.15 Å². The van der Waals surface area contributed by atoms with Crippen LogP contribution < -0.4 is 0 Å². The van der Waals surface area contributed by atoms with Crippen LogP contribution in [0.15, 0.2) is 46.9 Å². The molecule has 0 aliphatic carbocycles. The van der Waals surface area contributed by atoms with Gasteiger partial charge in [-0.1, -0.05) is 40.2 Å². The van der Waals surface area contributed by atoms with E-state index >= 15 is 0 Å². The minimum absolute atomic E-state index is 0.311. The van der Waals surface area contributed by atoms with Crippen LogP contribution in [0.2, 0.25) is 0 Å². The lowest BCUT2D eigenvalue weighted by atomic mass is 9.93. The second-order valence-electron chi connectivity index (χ2n) is 5.78. The van der Waals surface area contributed by atoms with Gasteiger partial charge in [-0.3, -0.25) is 0 Å². The first-order valence-electron chi connectivity index (χ1n) is 7.41. The highest BCUT2D eigenvalue weighted by Crippen LogP contribution is 2.41. The minimum atomic E-state index is 0.311. The number of ether oxygens (including phenoxy) is 1. The van der Waals surface area contributed by atoms with E-state index in [0.29, 0.717) is 16.8 Å². The summed E-state index contributed by atoms with van der Waals surface area (Å²) in [5, 5.41) is 2.38. The minimum Gasteiger partial charge on any atom is -0.456 e. The van der Waals surface area contributed by atoms with Crippen molar-refractivity contribution in [1.82, 2.24) is 0 Å². The van der Waals surface area contributed by atoms with Gasteiger partial charge >= 0.3 is 0 Å². The molecule has 3 atom stereocenters. The highest BCUT2D eigenvalue weighted by Gasteiger charge is 2.31. The number of hydrogen-bond acceptors (Lipinski definition) is 2. The molecule has 1 aliphatic heterocycles. The molecule has 108 valence electrons. The Bertz CT molecular complexity index is 792. The number of halogens is 1. The standard InChI is InChI=1S/C18H17BrO2/c1-11-13(8-9-20-11)18(19)12-6-7-17-15(10-12)14-4-2-3-5-16(14)21-17/h2-7,10-11,13,18H,8-9H2,1H3. The Morgan fingerprint density at radius 2 is 1.90 bits per heavy atom. The van der Waals surface area contributed by atoms with E-state index in [-0.39, 0.29) is 0 Å². The van der Waals surface area contributed by atoms with Crippen molar-refractivity contribution >= 4 is 37.9 Å². The van der Waals surface area contributed by atoms with Crippen LogP contribution in [0, 0.1) is 5.92 Å². The third-order valence-electron chi connectivity index (χ3n) is 4.53. The van der Waals surface area contributed by atoms with E-state index in [9.17, 15) is 0 Å². The summed E-state index contributed by atoms with van der Waals surface area (Å²) in [7, 11) is 0. The smallest absolute Gasteiger partial charge is 0.135 e. The van der Waals surface area contributed by atoms with Gasteiger partial charge in [0.1, 0.15) is 11.2 Å². The van der Waals surface area contributed by atoms with Crippen molar-refractivity contribution in [1.29, 1.82) is 0 Å². The van der Waals surface area contributed by atoms with Gasteiger partial charge in [-0.05, 0) is 37.1 Å². The van der Waals surface area contributed by atoms with Crippen molar-refractivity contribution in [2.45, 2.75) is 24.3 Å². The first-order chi connectivity index (χ1) is 10.2. The number of alkyl halides is 1. The second-order valence-corrected chi connectivity index (χ2v) is 6.77. The maximum Gasteiger partial charge on any atom is 0.135 e. The normalized spacial score (nSPS) is 23.9. The molecule has 3 heteroatoms. The van der Waals surface area contributed by atoms with Gasteiger partial charge in [0.05, 0.1) is 6.10 Å². The summed E-state index contributed by atoms with van der Waals surface area (Å²) in [4.78, 5) is 0.327. The molecule has 1 aromatic heterocycles. The van der Waals surface area contributed by atoms with Crippen LogP contribution in [0.3, 0.4) is 0 Å². The average molecular weight is 345 g/mol. The van der Waals surface area contributed by atoms with Gasteiger partial charge in [0.15, 0.2) is 0 Å². The number of hydrogen-bond donors (Lipinski definition) is 0. The lowest BCUT2D eigenvalue weighted by molar-refractivity contribution is 0.105. The predicted molar refractivity (Wildman–Crippen MR) is 88.9 cm³/mol. The molecule has 0 N–H and O–H groups in total. The Hall–Kier alpha value is -1.32.